The molecule has 0 radical (unpaired) electrons. The lowest BCUT2D eigenvalue weighted by molar-refractivity contribution is 0.905. The highest BCUT2D eigenvalue weighted by Gasteiger charge is 2.08. The van der Waals surface area contributed by atoms with Gasteiger partial charge < -0.3 is 5.73 Å². The third-order valence-electron chi connectivity index (χ3n) is 1.77. The monoisotopic (exact) mass is 260 g/mol. The Morgan fingerprint density at radius 3 is 2.85 bits per heavy atom. The van der Waals surface area contributed by atoms with Crippen molar-refractivity contribution >= 4 is 33.4 Å². The minimum Gasteiger partial charge on any atom is -0.397 e. The molecule has 0 fully saturated rings. The van der Waals surface area contributed by atoms with E-state index in [0.717, 1.165) is 21.5 Å². The van der Waals surface area contributed by atoms with Crippen molar-refractivity contribution in [2.45, 2.75) is 30.4 Å². The molecule has 0 saturated heterocycles. The topological polar surface area (TPSA) is 38.9 Å². The Morgan fingerprint density at radius 1 is 1.62 bits per heavy atom. The molecule has 1 aromatic rings. The van der Waals surface area contributed by atoms with Crippen LogP contribution >= 0.6 is 27.7 Å². The molecule has 1 heterocycles. The number of nitrogens with two attached hydrogens (primary N) is 1. The molecule has 0 saturated carbocycles. The highest BCUT2D eigenvalue weighted by atomic mass is 79.9. The lowest BCUT2D eigenvalue weighted by Gasteiger charge is -2.11. The highest BCUT2D eigenvalue weighted by molar-refractivity contribution is 9.10. The third kappa shape index (κ3) is 2.88. The van der Waals surface area contributed by atoms with Crippen LogP contribution < -0.4 is 5.73 Å². The van der Waals surface area contributed by atoms with E-state index in [1.165, 1.54) is 0 Å². The maximum Gasteiger partial charge on any atom is 0.0650 e. The molecular formula is C9H13BrN2S. The fourth-order valence-corrected chi connectivity index (χ4v) is 2.40. The second kappa shape index (κ2) is 4.86. The zero-order chi connectivity index (χ0) is 9.84. The van der Waals surface area contributed by atoms with E-state index < -0.39 is 0 Å². The smallest absolute Gasteiger partial charge is 0.0650 e. The maximum absolute atomic E-state index is 5.81. The number of rotatable bonds is 3. The number of nitrogens with zero attached hydrogens (tertiary/aromatic N) is 1. The van der Waals surface area contributed by atoms with Crippen molar-refractivity contribution in [1.82, 2.24) is 4.98 Å². The molecule has 1 unspecified atom stereocenters. The Hall–Kier alpha value is -0.220. The molecule has 0 aliphatic heterocycles. The molecule has 0 aromatic carbocycles. The van der Waals surface area contributed by atoms with Crippen molar-refractivity contribution in [2.75, 3.05) is 5.73 Å². The van der Waals surface area contributed by atoms with E-state index in [4.69, 9.17) is 5.73 Å². The summed E-state index contributed by atoms with van der Waals surface area (Å²) in [6, 6.07) is 0. The standard InChI is InChI=1S/C9H13BrN2S/c1-3-6(2)13-9-7(10)4-12-5-8(9)11/h4-6H,3,11H2,1-2H3. The number of nitrogen functional groups attached to an aromatic ring is 1. The molecule has 2 N–H and O–H groups in total. The molecule has 1 aromatic heterocycles. The summed E-state index contributed by atoms with van der Waals surface area (Å²) >= 11 is 5.23. The number of hydrogen-bond donors (Lipinski definition) is 1. The van der Waals surface area contributed by atoms with E-state index in [9.17, 15) is 0 Å². The lowest BCUT2D eigenvalue weighted by Crippen LogP contribution is -1.97. The predicted octanol–water partition coefficient (Wildman–Crippen LogP) is 3.32. The molecule has 72 valence electrons. The molecule has 0 spiro atoms. The number of aromatic nitrogens is 1. The number of thioether (sulfide) groups is 1. The van der Waals surface area contributed by atoms with Gasteiger partial charge in [-0.05, 0) is 22.4 Å². The van der Waals surface area contributed by atoms with E-state index in [2.05, 4.69) is 34.8 Å². The van der Waals surface area contributed by atoms with Gasteiger partial charge in [0.2, 0.25) is 0 Å². The van der Waals surface area contributed by atoms with Crippen LogP contribution in [0.5, 0.6) is 0 Å². The van der Waals surface area contributed by atoms with Gasteiger partial charge in [-0.3, -0.25) is 4.98 Å². The van der Waals surface area contributed by atoms with Crippen LogP contribution in [0.1, 0.15) is 20.3 Å². The van der Waals surface area contributed by atoms with E-state index in [1.54, 1.807) is 24.2 Å². The second-order valence-corrected chi connectivity index (χ2v) is 5.18. The van der Waals surface area contributed by atoms with Crippen LogP contribution in [0, 0.1) is 0 Å². The van der Waals surface area contributed by atoms with E-state index in [-0.39, 0.29) is 0 Å². The Balaban J connectivity index is 2.87. The maximum atomic E-state index is 5.81. The number of halogens is 1. The predicted molar refractivity (Wildman–Crippen MR) is 62.0 cm³/mol. The van der Waals surface area contributed by atoms with E-state index >= 15 is 0 Å². The summed E-state index contributed by atoms with van der Waals surface area (Å²) in [4.78, 5) is 5.09. The van der Waals surface area contributed by atoms with Gasteiger partial charge in [0.15, 0.2) is 0 Å². The molecule has 0 bridgehead atoms. The Bertz CT molecular complexity index is 271. The van der Waals surface area contributed by atoms with Crippen LogP contribution in [0.25, 0.3) is 0 Å². The van der Waals surface area contributed by atoms with Crippen molar-refractivity contribution in [3.8, 4) is 0 Å². The SMILES string of the molecule is CCC(C)Sc1c(N)cncc1Br. The van der Waals surface area contributed by atoms with Crippen molar-refractivity contribution in [3.05, 3.63) is 16.9 Å². The molecule has 1 rings (SSSR count). The molecule has 0 aliphatic carbocycles. The van der Waals surface area contributed by atoms with Crippen molar-refractivity contribution < 1.29 is 0 Å². The Morgan fingerprint density at radius 2 is 2.31 bits per heavy atom. The fourth-order valence-electron chi connectivity index (χ4n) is 0.847. The summed E-state index contributed by atoms with van der Waals surface area (Å²) < 4.78 is 0.984. The van der Waals surface area contributed by atoms with Crippen LogP contribution in [0.15, 0.2) is 21.8 Å². The molecular weight excluding hydrogens is 248 g/mol. The van der Waals surface area contributed by atoms with Crippen molar-refractivity contribution in [3.63, 3.8) is 0 Å². The van der Waals surface area contributed by atoms with Crippen LogP contribution in [0.3, 0.4) is 0 Å². The van der Waals surface area contributed by atoms with Gasteiger partial charge in [0.25, 0.3) is 0 Å². The summed E-state index contributed by atoms with van der Waals surface area (Å²) in [5.74, 6) is 0. The van der Waals surface area contributed by atoms with Gasteiger partial charge in [-0.25, -0.2) is 0 Å². The van der Waals surface area contributed by atoms with Gasteiger partial charge in [0.1, 0.15) is 0 Å². The van der Waals surface area contributed by atoms with Gasteiger partial charge in [0.05, 0.1) is 16.4 Å². The normalized spacial score (nSPS) is 12.8. The van der Waals surface area contributed by atoms with Crippen LogP contribution in [-0.2, 0) is 0 Å². The van der Waals surface area contributed by atoms with E-state index in [1.807, 2.05) is 0 Å². The average molecular weight is 261 g/mol. The first-order valence-corrected chi connectivity index (χ1v) is 5.88. The number of pyridine rings is 1. The minimum absolute atomic E-state index is 0.584. The van der Waals surface area contributed by atoms with Gasteiger partial charge >= 0.3 is 0 Å². The van der Waals surface area contributed by atoms with Crippen molar-refractivity contribution in [2.24, 2.45) is 0 Å². The summed E-state index contributed by atoms with van der Waals surface area (Å²) in [5, 5.41) is 0.584. The first kappa shape index (κ1) is 10.9. The van der Waals surface area contributed by atoms with Gasteiger partial charge in [-0.15, -0.1) is 11.8 Å². The van der Waals surface area contributed by atoms with Crippen LogP contribution in [0.2, 0.25) is 0 Å². The minimum atomic E-state index is 0.584. The largest absolute Gasteiger partial charge is 0.397 e. The molecule has 13 heavy (non-hydrogen) atoms. The molecule has 0 aliphatic rings. The molecule has 1 atom stereocenters. The molecule has 2 nitrogen and oxygen atoms in total. The lowest BCUT2D eigenvalue weighted by atomic mass is 10.4. The number of anilines is 1. The summed E-state index contributed by atoms with van der Waals surface area (Å²) in [7, 11) is 0. The van der Waals surface area contributed by atoms with Crippen molar-refractivity contribution in [1.29, 1.82) is 0 Å². The zero-order valence-corrected chi connectivity index (χ0v) is 10.2. The summed E-state index contributed by atoms with van der Waals surface area (Å²) in [6.45, 7) is 4.36. The third-order valence-corrected chi connectivity index (χ3v) is 4.07. The van der Waals surface area contributed by atoms with Gasteiger partial charge in [-0.1, -0.05) is 13.8 Å². The Kier molecular flexibility index (Phi) is 4.06. The van der Waals surface area contributed by atoms with Crippen LogP contribution in [0.4, 0.5) is 5.69 Å². The van der Waals surface area contributed by atoms with E-state index in [0.29, 0.717) is 5.25 Å². The van der Waals surface area contributed by atoms with Gasteiger partial charge in [-0.2, -0.15) is 0 Å². The zero-order valence-electron chi connectivity index (χ0n) is 7.75. The highest BCUT2D eigenvalue weighted by Crippen LogP contribution is 2.35. The van der Waals surface area contributed by atoms with Crippen LogP contribution in [-0.4, -0.2) is 10.2 Å². The molecule has 4 heteroatoms. The first-order chi connectivity index (χ1) is 6.15. The summed E-state index contributed by atoms with van der Waals surface area (Å²) in [5.41, 5.74) is 6.56. The quantitative estimate of drug-likeness (QED) is 0.848. The first-order valence-electron chi connectivity index (χ1n) is 4.20. The average Bonchev–Trinajstić information content (AvgIpc) is 2.11. The number of hydrogen-bond acceptors (Lipinski definition) is 3. The Labute approximate surface area is 91.4 Å². The second-order valence-electron chi connectivity index (χ2n) is 2.88. The van der Waals surface area contributed by atoms with Gasteiger partial charge in [0, 0.05) is 16.3 Å². The molecule has 0 amide bonds. The fraction of sp³-hybridized carbons (Fsp3) is 0.444. The summed E-state index contributed by atoms with van der Waals surface area (Å²) in [6.07, 6.45) is 4.61.